The molecule has 0 spiro atoms. The smallest absolute Gasteiger partial charge is 0.175 e. The van der Waals surface area contributed by atoms with Gasteiger partial charge in [0.15, 0.2) is 4.73 Å². The number of aromatic nitrogens is 2. The lowest BCUT2D eigenvalue weighted by Gasteiger charge is -2.01. The molecule has 0 aliphatic carbocycles. The molecular weight excluding hydrogens is 289 g/mol. The van der Waals surface area contributed by atoms with E-state index in [1.807, 2.05) is 31.3 Å². The highest BCUT2D eigenvalue weighted by molar-refractivity contribution is 9.10. The Morgan fingerprint density at radius 2 is 2.06 bits per heavy atom. The molecule has 2 rings (SSSR count). The van der Waals surface area contributed by atoms with Gasteiger partial charge >= 0.3 is 0 Å². The van der Waals surface area contributed by atoms with Crippen LogP contribution in [0.3, 0.4) is 0 Å². The van der Waals surface area contributed by atoms with E-state index >= 15 is 0 Å². The zero-order chi connectivity index (χ0) is 11.5. The normalized spacial score (nSPS) is 10.7. The number of nitrogens with one attached hydrogen (secondary N) is 2. The van der Waals surface area contributed by atoms with Crippen molar-refractivity contribution in [2.24, 2.45) is 0 Å². The number of aromatic amines is 1. The van der Waals surface area contributed by atoms with Gasteiger partial charge in [-0.2, -0.15) is 0 Å². The van der Waals surface area contributed by atoms with E-state index in [1.165, 1.54) is 0 Å². The Bertz CT molecular complexity index is 478. The van der Waals surface area contributed by atoms with E-state index in [0.717, 1.165) is 33.3 Å². The first-order valence-corrected chi connectivity index (χ1v) is 6.02. The summed E-state index contributed by atoms with van der Waals surface area (Å²) >= 11 is 9.20. The Kier molecular flexibility index (Phi) is 3.63. The van der Waals surface area contributed by atoms with Gasteiger partial charge in [0.2, 0.25) is 0 Å². The van der Waals surface area contributed by atoms with Gasteiger partial charge in [-0.1, -0.05) is 23.7 Å². The van der Waals surface area contributed by atoms with Crippen molar-refractivity contribution in [1.82, 2.24) is 15.3 Å². The van der Waals surface area contributed by atoms with Crippen molar-refractivity contribution >= 4 is 27.5 Å². The van der Waals surface area contributed by atoms with Crippen LogP contribution >= 0.6 is 27.5 Å². The number of nitrogens with zero attached hydrogens (tertiary/aromatic N) is 1. The lowest BCUT2D eigenvalue weighted by molar-refractivity contribution is 0.797. The second-order valence-corrected chi connectivity index (χ2v) is 4.58. The summed E-state index contributed by atoms with van der Waals surface area (Å²) in [7, 11) is 1.90. The van der Waals surface area contributed by atoms with Gasteiger partial charge in [0.1, 0.15) is 0 Å². The fourth-order valence-electron chi connectivity index (χ4n) is 1.53. The summed E-state index contributed by atoms with van der Waals surface area (Å²) < 4.78 is 0.739. The quantitative estimate of drug-likeness (QED) is 0.914. The third-order valence-corrected chi connectivity index (χ3v) is 2.85. The molecule has 0 atom stereocenters. The van der Waals surface area contributed by atoms with Crippen molar-refractivity contribution in [3.8, 4) is 11.3 Å². The first-order valence-electron chi connectivity index (χ1n) is 4.85. The number of imidazole rings is 1. The molecule has 0 fully saturated rings. The Morgan fingerprint density at radius 3 is 2.69 bits per heavy atom. The van der Waals surface area contributed by atoms with E-state index in [4.69, 9.17) is 11.6 Å². The monoisotopic (exact) mass is 299 g/mol. The maximum atomic E-state index is 5.86. The van der Waals surface area contributed by atoms with Crippen LogP contribution < -0.4 is 5.32 Å². The second kappa shape index (κ2) is 4.99. The summed E-state index contributed by atoms with van der Waals surface area (Å²) in [6, 6.07) is 7.65. The Labute approximate surface area is 107 Å². The molecule has 2 N–H and O–H groups in total. The van der Waals surface area contributed by atoms with E-state index in [0.29, 0.717) is 0 Å². The number of benzene rings is 1. The lowest BCUT2D eigenvalue weighted by Crippen LogP contribution is -2.06. The predicted molar refractivity (Wildman–Crippen MR) is 69.5 cm³/mol. The molecule has 1 aromatic carbocycles. The maximum Gasteiger partial charge on any atom is 0.175 e. The largest absolute Gasteiger partial charge is 0.335 e. The van der Waals surface area contributed by atoms with E-state index in [9.17, 15) is 0 Å². The fraction of sp³-hybridized carbons (Fsp3) is 0.182. The van der Waals surface area contributed by atoms with Gasteiger partial charge in [-0.05, 0) is 35.1 Å². The third kappa shape index (κ3) is 2.45. The minimum absolute atomic E-state index is 0.730. The van der Waals surface area contributed by atoms with Crippen LogP contribution in [-0.2, 0) is 6.54 Å². The van der Waals surface area contributed by atoms with Gasteiger partial charge in [0.05, 0.1) is 11.4 Å². The highest BCUT2D eigenvalue weighted by Gasteiger charge is 2.10. The van der Waals surface area contributed by atoms with Gasteiger partial charge in [0.25, 0.3) is 0 Å². The van der Waals surface area contributed by atoms with Crippen molar-refractivity contribution in [2.45, 2.75) is 6.54 Å². The van der Waals surface area contributed by atoms with Gasteiger partial charge in [-0.3, -0.25) is 0 Å². The van der Waals surface area contributed by atoms with Crippen molar-refractivity contribution in [3.05, 3.63) is 39.7 Å². The van der Waals surface area contributed by atoms with Crippen LogP contribution in [0.1, 0.15) is 5.69 Å². The summed E-state index contributed by atoms with van der Waals surface area (Å²) in [5.41, 5.74) is 3.05. The first-order chi connectivity index (χ1) is 7.70. The Balaban J connectivity index is 2.42. The molecule has 0 saturated carbocycles. The molecule has 1 aromatic heterocycles. The van der Waals surface area contributed by atoms with Gasteiger partial charge in [-0.25, -0.2) is 4.98 Å². The highest BCUT2D eigenvalue weighted by atomic mass is 79.9. The molecule has 0 bridgehead atoms. The minimum atomic E-state index is 0.730. The first kappa shape index (κ1) is 11.6. The number of hydrogen-bond donors (Lipinski definition) is 2. The van der Waals surface area contributed by atoms with E-state index < -0.39 is 0 Å². The molecule has 1 heterocycles. The third-order valence-electron chi connectivity index (χ3n) is 2.22. The van der Waals surface area contributed by atoms with Crippen LogP contribution in [0.5, 0.6) is 0 Å². The average Bonchev–Trinajstić information content (AvgIpc) is 2.61. The molecule has 2 aromatic rings. The van der Waals surface area contributed by atoms with Crippen LogP contribution in [-0.4, -0.2) is 17.0 Å². The average molecular weight is 301 g/mol. The van der Waals surface area contributed by atoms with Gasteiger partial charge in [-0.15, -0.1) is 0 Å². The molecule has 84 valence electrons. The lowest BCUT2D eigenvalue weighted by atomic mass is 10.1. The summed E-state index contributed by atoms with van der Waals surface area (Å²) in [5.74, 6) is 0. The molecule has 0 saturated heterocycles. The predicted octanol–water partition coefficient (Wildman–Crippen LogP) is 3.21. The van der Waals surface area contributed by atoms with E-state index in [2.05, 4.69) is 31.2 Å². The van der Waals surface area contributed by atoms with E-state index in [-0.39, 0.29) is 0 Å². The van der Waals surface area contributed by atoms with Crippen LogP contribution in [0.25, 0.3) is 11.3 Å². The molecule has 3 nitrogen and oxygen atoms in total. The molecule has 0 amide bonds. The Hall–Kier alpha value is -0.840. The SMILES string of the molecule is CNCc1[nH]c(Br)nc1-c1ccc(Cl)cc1. The molecule has 0 unspecified atom stereocenters. The van der Waals surface area contributed by atoms with E-state index in [1.54, 1.807) is 0 Å². The fourth-order valence-corrected chi connectivity index (χ4v) is 2.07. The van der Waals surface area contributed by atoms with Crippen LogP contribution in [0.2, 0.25) is 5.02 Å². The van der Waals surface area contributed by atoms with Crippen molar-refractivity contribution in [2.75, 3.05) is 7.05 Å². The molecule has 5 heteroatoms. The second-order valence-electron chi connectivity index (χ2n) is 3.39. The van der Waals surface area contributed by atoms with Crippen LogP contribution in [0.4, 0.5) is 0 Å². The van der Waals surface area contributed by atoms with Crippen molar-refractivity contribution in [1.29, 1.82) is 0 Å². The molecule has 16 heavy (non-hydrogen) atoms. The van der Waals surface area contributed by atoms with Gasteiger partial charge < -0.3 is 10.3 Å². The summed E-state index contributed by atoms with van der Waals surface area (Å²) in [6.07, 6.45) is 0. The zero-order valence-electron chi connectivity index (χ0n) is 8.72. The number of rotatable bonds is 3. The Morgan fingerprint density at radius 1 is 1.38 bits per heavy atom. The summed E-state index contributed by atoms with van der Waals surface area (Å²) in [5, 5.41) is 3.83. The van der Waals surface area contributed by atoms with Crippen LogP contribution in [0, 0.1) is 0 Å². The molecular formula is C11H11BrClN3. The summed E-state index contributed by atoms with van der Waals surface area (Å²) in [4.78, 5) is 7.58. The number of halogens is 2. The summed E-state index contributed by atoms with van der Waals surface area (Å²) in [6.45, 7) is 0.747. The van der Waals surface area contributed by atoms with Crippen LogP contribution in [0.15, 0.2) is 29.0 Å². The molecule has 0 aliphatic heterocycles. The van der Waals surface area contributed by atoms with Crippen molar-refractivity contribution in [3.63, 3.8) is 0 Å². The number of H-pyrrole nitrogens is 1. The van der Waals surface area contributed by atoms with Gasteiger partial charge in [0, 0.05) is 17.1 Å². The zero-order valence-corrected chi connectivity index (χ0v) is 11.1. The standard InChI is InChI=1S/C11H11BrClN3/c1-14-6-9-10(16-11(12)15-9)7-2-4-8(13)5-3-7/h2-5,14H,6H2,1H3,(H,15,16). The maximum absolute atomic E-state index is 5.86. The minimum Gasteiger partial charge on any atom is -0.335 e. The molecule has 0 radical (unpaired) electrons. The topological polar surface area (TPSA) is 40.7 Å². The van der Waals surface area contributed by atoms with Crippen molar-refractivity contribution < 1.29 is 0 Å². The highest BCUT2D eigenvalue weighted by Crippen LogP contribution is 2.24. The number of hydrogen-bond acceptors (Lipinski definition) is 2. The molecule has 0 aliphatic rings.